The van der Waals surface area contributed by atoms with Crippen molar-refractivity contribution in [3.63, 3.8) is 0 Å². The van der Waals surface area contributed by atoms with Crippen molar-refractivity contribution in [2.45, 2.75) is 26.2 Å². The first-order valence-electron chi connectivity index (χ1n) is 14.3. The molecule has 0 saturated heterocycles. The molecule has 1 aliphatic carbocycles. The number of fused-ring (bicyclic) bond motifs is 4. The molecule has 0 atom stereocenters. The number of benzene rings is 5. The third-order valence-electron chi connectivity index (χ3n) is 8.56. The molecule has 1 aliphatic rings. The summed E-state index contributed by atoms with van der Waals surface area (Å²) in [5, 5.41) is 6.43. The van der Waals surface area contributed by atoms with Crippen LogP contribution in [0.15, 0.2) is 127 Å². The van der Waals surface area contributed by atoms with E-state index in [1.54, 1.807) is 0 Å². The molecule has 5 aromatic carbocycles. The lowest BCUT2D eigenvalue weighted by molar-refractivity contribution is 0.660. The number of thiophene rings is 1. The van der Waals surface area contributed by atoms with E-state index in [-0.39, 0.29) is 5.41 Å². The Balaban J connectivity index is 1.36. The first kappa shape index (κ1) is 26.1. The van der Waals surface area contributed by atoms with Gasteiger partial charge in [-0.15, -0.1) is 17.8 Å². The van der Waals surface area contributed by atoms with E-state index in [1.807, 2.05) is 17.4 Å². The molecule has 6 aromatic rings. The van der Waals surface area contributed by atoms with Crippen molar-refractivity contribution in [1.29, 1.82) is 0 Å². The smallest absolute Gasteiger partial charge is 0.0464 e. The maximum absolute atomic E-state index is 5.72. The van der Waals surface area contributed by atoms with E-state index in [0.29, 0.717) is 0 Å². The van der Waals surface area contributed by atoms with Crippen LogP contribution in [-0.4, -0.2) is 0 Å². The summed E-state index contributed by atoms with van der Waals surface area (Å²) in [6.07, 6.45) is 9.81. The van der Waals surface area contributed by atoms with Crippen LogP contribution in [0.5, 0.6) is 0 Å². The molecule has 0 aliphatic heterocycles. The van der Waals surface area contributed by atoms with Gasteiger partial charge in [0.1, 0.15) is 0 Å². The number of allylic oxidation sites excluding steroid dienone is 4. The lowest BCUT2D eigenvalue weighted by Gasteiger charge is -2.22. The molecule has 202 valence electrons. The summed E-state index contributed by atoms with van der Waals surface area (Å²) in [7, 11) is 0. The molecule has 0 radical (unpaired) electrons. The van der Waals surface area contributed by atoms with Gasteiger partial charge < -0.3 is 5.32 Å². The molecule has 1 aromatic heterocycles. The van der Waals surface area contributed by atoms with E-state index >= 15 is 0 Å². The summed E-state index contributed by atoms with van der Waals surface area (Å²) in [6.45, 7) is 6.65. The predicted octanol–water partition coefficient (Wildman–Crippen LogP) is 11.4. The van der Waals surface area contributed by atoms with Crippen LogP contribution in [0.3, 0.4) is 0 Å². The number of hydrogen-bond donors (Lipinski definition) is 1. The Kier molecular flexibility index (Phi) is 6.34. The lowest BCUT2D eigenvalue weighted by atomic mass is 9.82. The summed E-state index contributed by atoms with van der Waals surface area (Å²) in [5.74, 6) is 2.75. The highest BCUT2D eigenvalue weighted by Gasteiger charge is 2.37. The van der Waals surface area contributed by atoms with Gasteiger partial charge in [0.15, 0.2) is 0 Å². The second-order valence-corrected chi connectivity index (χ2v) is 12.4. The van der Waals surface area contributed by atoms with Gasteiger partial charge in [-0.1, -0.05) is 98.6 Å². The van der Waals surface area contributed by atoms with Crippen LogP contribution in [0.4, 0.5) is 11.4 Å². The second-order valence-electron chi connectivity index (χ2n) is 11.3. The summed E-state index contributed by atoms with van der Waals surface area (Å²) in [5.41, 5.74) is 11.8. The van der Waals surface area contributed by atoms with Crippen molar-refractivity contribution in [1.82, 2.24) is 0 Å². The Bertz CT molecular complexity index is 2100. The monoisotopic (exact) mass is 557 g/mol. The Hall–Kier alpha value is -4.84. The van der Waals surface area contributed by atoms with E-state index < -0.39 is 0 Å². The molecule has 0 saturated carbocycles. The van der Waals surface area contributed by atoms with Crippen molar-refractivity contribution in [2.24, 2.45) is 0 Å². The van der Waals surface area contributed by atoms with Gasteiger partial charge in [0.2, 0.25) is 0 Å². The molecule has 2 heteroatoms. The molecule has 0 fully saturated rings. The van der Waals surface area contributed by atoms with E-state index in [0.717, 1.165) is 16.9 Å². The number of anilines is 2. The van der Waals surface area contributed by atoms with Crippen LogP contribution < -0.4 is 5.32 Å². The van der Waals surface area contributed by atoms with E-state index in [2.05, 4.69) is 147 Å². The van der Waals surface area contributed by atoms with Crippen LogP contribution in [-0.2, 0) is 5.41 Å². The highest BCUT2D eigenvalue weighted by molar-refractivity contribution is 7.25. The topological polar surface area (TPSA) is 12.0 Å². The zero-order chi connectivity index (χ0) is 28.8. The molecule has 0 amide bonds. The fourth-order valence-electron chi connectivity index (χ4n) is 6.60. The average molecular weight is 558 g/mol. The first-order chi connectivity index (χ1) is 20.5. The van der Waals surface area contributed by atoms with Gasteiger partial charge in [0, 0.05) is 42.5 Å². The van der Waals surface area contributed by atoms with Crippen molar-refractivity contribution in [2.75, 3.05) is 5.32 Å². The predicted molar refractivity (Wildman–Crippen MR) is 184 cm³/mol. The quantitative estimate of drug-likeness (QED) is 0.213. The van der Waals surface area contributed by atoms with Crippen molar-refractivity contribution >= 4 is 48.5 Å². The third-order valence-corrected chi connectivity index (χ3v) is 9.70. The van der Waals surface area contributed by atoms with Crippen molar-refractivity contribution in [3.8, 4) is 34.6 Å². The molecule has 0 unspecified atom stereocenters. The van der Waals surface area contributed by atoms with E-state index in [9.17, 15) is 0 Å². The van der Waals surface area contributed by atoms with Crippen molar-refractivity contribution in [3.05, 3.63) is 138 Å². The fraction of sp³-hybridized carbons (Fsp3) is 0.100. The lowest BCUT2D eigenvalue weighted by Crippen LogP contribution is -2.15. The molecular weight excluding hydrogens is 527 g/mol. The largest absolute Gasteiger partial charge is 0.355 e. The minimum absolute atomic E-state index is 0.126. The van der Waals surface area contributed by atoms with Gasteiger partial charge >= 0.3 is 0 Å². The van der Waals surface area contributed by atoms with Gasteiger partial charge in [-0.25, -0.2) is 0 Å². The molecule has 1 heterocycles. The summed E-state index contributed by atoms with van der Waals surface area (Å²) in [4.78, 5) is 0. The number of nitrogens with one attached hydrogen (secondary N) is 1. The minimum atomic E-state index is -0.126. The second kappa shape index (κ2) is 10.2. The first-order valence-corrected chi connectivity index (χ1v) is 15.2. The van der Waals surface area contributed by atoms with Crippen LogP contribution in [0.2, 0.25) is 0 Å². The standard InChI is InChI=1S/C40H31NS/c1-5-13-30-31-22-21-28(25-35(31)40(3,4)34(30)6-2)41-36-23-20-27(24-33(36)26-14-8-7-9-15-26)29-17-12-19-38-39(29)32-16-10-11-18-37(32)42-38/h1,6-25,41H,2-4H3/b30-13-,34-6+. The molecule has 0 bridgehead atoms. The molecule has 1 nitrogen and oxygen atoms in total. The average Bonchev–Trinajstić information content (AvgIpc) is 3.50. The highest BCUT2D eigenvalue weighted by atomic mass is 32.1. The molecule has 0 spiro atoms. The Morgan fingerprint density at radius 3 is 2.33 bits per heavy atom. The summed E-state index contributed by atoms with van der Waals surface area (Å²) < 4.78 is 2.64. The van der Waals surface area contributed by atoms with Gasteiger partial charge in [-0.05, 0) is 88.4 Å². The highest BCUT2D eigenvalue weighted by Crippen LogP contribution is 2.50. The SMILES string of the molecule is C#C/C=C1\C(=C/C)C(C)(C)c2cc(Nc3ccc(-c4cccc5sc6ccccc6c45)cc3-c3ccccc3)ccc21. The maximum atomic E-state index is 5.72. The Morgan fingerprint density at radius 1 is 0.738 bits per heavy atom. The number of terminal acetylenes is 1. The molecule has 7 rings (SSSR count). The van der Waals surface area contributed by atoms with E-state index in [4.69, 9.17) is 6.42 Å². The minimum Gasteiger partial charge on any atom is -0.355 e. The zero-order valence-electron chi connectivity index (χ0n) is 24.0. The summed E-state index contributed by atoms with van der Waals surface area (Å²) in [6, 6.07) is 39.5. The molecule has 42 heavy (non-hydrogen) atoms. The molecular formula is C40H31NS. The number of rotatable bonds is 4. The molecule has 1 N–H and O–H groups in total. The number of hydrogen-bond acceptors (Lipinski definition) is 2. The van der Waals surface area contributed by atoms with Crippen LogP contribution in [0.25, 0.3) is 48.0 Å². The van der Waals surface area contributed by atoms with Crippen molar-refractivity contribution < 1.29 is 0 Å². The Labute approximate surface area is 251 Å². The van der Waals surface area contributed by atoms with Gasteiger partial charge in [-0.2, -0.15) is 0 Å². The van der Waals surface area contributed by atoms with Crippen LogP contribution in [0.1, 0.15) is 31.9 Å². The maximum Gasteiger partial charge on any atom is 0.0464 e. The van der Waals surface area contributed by atoms with E-state index in [1.165, 1.54) is 59.1 Å². The van der Waals surface area contributed by atoms with Gasteiger partial charge in [0.25, 0.3) is 0 Å². The zero-order valence-corrected chi connectivity index (χ0v) is 24.8. The van der Waals surface area contributed by atoms with Crippen LogP contribution in [0, 0.1) is 12.3 Å². The van der Waals surface area contributed by atoms with Gasteiger partial charge in [0.05, 0.1) is 0 Å². The van der Waals surface area contributed by atoms with Gasteiger partial charge in [-0.3, -0.25) is 0 Å². The van der Waals surface area contributed by atoms with Crippen LogP contribution >= 0.6 is 11.3 Å². The fourth-order valence-corrected chi connectivity index (χ4v) is 7.74. The third kappa shape index (κ3) is 4.17. The summed E-state index contributed by atoms with van der Waals surface area (Å²) >= 11 is 1.86. The Morgan fingerprint density at radius 2 is 1.52 bits per heavy atom. The normalized spacial score (nSPS) is 15.8.